The number of hydrogen-bond acceptors (Lipinski definition) is 2. The van der Waals surface area contributed by atoms with E-state index < -0.39 is 0 Å². The highest BCUT2D eigenvalue weighted by Crippen LogP contribution is 2.14. The first-order chi connectivity index (χ1) is 8.26. The second-order valence-electron chi connectivity index (χ2n) is 3.65. The van der Waals surface area contributed by atoms with Crippen molar-refractivity contribution in [2.45, 2.75) is 6.92 Å². The number of anilines is 1. The fourth-order valence-corrected chi connectivity index (χ4v) is 1.24. The van der Waals surface area contributed by atoms with Gasteiger partial charge in [0.2, 0.25) is 0 Å². The number of methoxy groups -OCH3 is 1. The molecule has 1 aromatic rings. The Bertz CT molecular complexity index is 401. The van der Waals surface area contributed by atoms with Crippen molar-refractivity contribution < 1.29 is 4.74 Å². The first kappa shape index (κ1) is 13.1. The van der Waals surface area contributed by atoms with Gasteiger partial charge in [-0.15, -0.1) is 0 Å². The van der Waals surface area contributed by atoms with Gasteiger partial charge in [0.25, 0.3) is 0 Å². The summed E-state index contributed by atoms with van der Waals surface area (Å²) in [4.78, 5) is 0. The van der Waals surface area contributed by atoms with Crippen LogP contribution in [0, 0.1) is 0 Å². The van der Waals surface area contributed by atoms with Crippen molar-refractivity contribution in [2.75, 3.05) is 19.0 Å². The van der Waals surface area contributed by atoms with Crippen LogP contribution in [0.2, 0.25) is 0 Å². The summed E-state index contributed by atoms with van der Waals surface area (Å²) >= 11 is 0. The van der Waals surface area contributed by atoms with Gasteiger partial charge >= 0.3 is 0 Å². The van der Waals surface area contributed by atoms with Gasteiger partial charge in [-0.3, -0.25) is 0 Å². The van der Waals surface area contributed by atoms with Gasteiger partial charge in [-0.25, -0.2) is 0 Å². The Balaban J connectivity index is 2.37. The minimum absolute atomic E-state index is 0.799. The minimum atomic E-state index is 0.799. The van der Waals surface area contributed by atoms with Gasteiger partial charge in [-0.1, -0.05) is 36.5 Å². The molecule has 0 saturated heterocycles. The summed E-state index contributed by atoms with van der Waals surface area (Å²) in [6.45, 7) is 6.51. The predicted octanol–water partition coefficient (Wildman–Crippen LogP) is 3.80. The van der Waals surface area contributed by atoms with Gasteiger partial charge in [-0.2, -0.15) is 0 Å². The van der Waals surface area contributed by atoms with E-state index in [0.29, 0.717) is 0 Å². The molecule has 0 bridgehead atoms. The van der Waals surface area contributed by atoms with Crippen LogP contribution in [-0.2, 0) is 0 Å². The van der Waals surface area contributed by atoms with E-state index in [0.717, 1.165) is 23.6 Å². The quantitative estimate of drug-likeness (QED) is 0.749. The van der Waals surface area contributed by atoms with E-state index in [9.17, 15) is 0 Å². The summed E-state index contributed by atoms with van der Waals surface area (Å²) in [5.41, 5.74) is 2.24. The first-order valence-electron chi connectivity index (χ1n) is 5.60. The summed E-state index contributed by atoms with van der Waals surface area (Å²) < 4.78 is 5.09. The van der Waals surface area contributed by atoms with Gasteiger partial charge in [0, 0.05) is 12.2 Å². The lowest BCUT2D eigenvalue weighted by Gasteiger charge is -2.04. The topological polar surface area (TPSA) is 21.3 Å². The van der Waals surface area contributed by atoms with Crippen molar-refractivity contribution >= 4 is 5.69 Å². The maximum atomic E-state index is 5.09. The van der Waals surface area contributed by atoms with Gasteiger partial charge in [-0.05, 0) is 31.2 Å². The Hall–Kier alpha value is -1.96. The standard InChI is InChI=1S/C15H19NO/c1-4-13(2)7-5-6-12-16-14-8-10-15(17-3)11-9-14/h4-11,16H,1,12H2,2-3H3/b6-5+,13-7-. The molecule has 1 N–H and O–H groups in total. The molecule has 2 heteroatoms. The van der Waals surface area contributed by atoms with Gasteiger partial charge in [0.05, 0.1) is 7.11 Å². The van der Waals surface area contributed by atoms with E-state index in [1.165, 1.54) is 0 Å². The van der Waals surface area contributed by atoms with E-state index in [1.54, 1.807) is 7.11 Å². The molecular weight excluding hydrogens is 210 g/mol. The summed E-state index contributed by atoms with van der Waals surface area (Å²) in [6, 6.07) is 7.87. The summed E-state index contributed by atoms with van der Waals surface area (Å²) in [5.74, 6) is 0.871. The summed E-state index contributed by atoms with van der Waals surface area (Å²) in [5, 5.41) is 3.29. The third-order valence-corrected chi connectivity index (χ3v) is 2.33. The Labute approximate surface area is 103 Å². The number of nitrogens with one attached hydrogen (secondary N) is 1. The molecule has 17 heavy (non-hydrogen) atoms. The SMILES string of the molecule is C=C/C(C)=C\C=C\CNc1ccc(OC)cc1. The molecule has 0 aliphatic heterocycles. The number of hydrogen-bond donors (Lipinski definition) is 1. The van der Waals surface area contributed by atoms with Crippen molar-refractivity contribution in [1.82, 2.24) is 0 Å². The lowest BCUT2D eigenvalue weighted by Crippen LogP contribution is -1.97. The maximum Gasteiger partial charge on any atom is 0.119 e. The molecule has 1 rings (SSSR count). The highest BCUT2D eigenvalue weighted by molar-refractivity contribution is 5.46. The monoisotopic (exact) mass is 229 g/mol. The zero-order chi connectivity index (χ0) is 12.5. The van der Waals surface area contributed by atoms with Crippen molar-refractivity contribution in [3.63, 3.8) is 0 Å². The molecule has 0 aromatic heterocycles. The van der Waals surface area contributed by atoms with Gasteiger partial charge < -0.3 is 10.1 Å². The lowest BCUT2D eigenvalue weighted by molar-refractivity contribution is 0.415. The molecule has 2 nitrogen and oxygen atoms in total. The van der Waals surface area contributed by atoms with E-state index in [-0.39, 0.29) is 0 Å². The summed E-state index contributed by atoms with van der Waals surface area (Å²) in [6.07, 6.45) is 7.95. The van der Waals surface area contributed by atoms with E-state index in [4.69, 9.17) is 4.74 Å². The second-order valence-corrected chi connectivity index (χ2v) is 3.65. The lowest BCUT2D eigenvalue weighted by atomic mass is 10.2. The van der Waals surface area contributed by atoms with Gasteiger partial charge in [0.1, 0.15) is 5.75 Å². The molecule has 90 valence electrons. The van der Waals surface area contributed by atoms with Crippen molar-refractivity contribution in [3.05, 3.63) is 60.7 Å². The zero-order valence-corrected chi connectivity index (χ0v) is 10.4. The van der Waals surface area contributed by atoms with Crippen LogP contribution in [0.25, 0.3) is 0 Å². The highest BCUT2D eigenvalue weighted by Gasteiger charge is 1.91. The largest absolute Gasteiger partial charge is 0.497 e. The summed E-state index contributed by atoms with van der Waals surface area (Å²) in [7, 11) is 1.67. The van der Waals surface area contributed by atoms with Crippen molar-refractivity contribution in [1.29, 1.82) is 0 Å². The van der Waals surface area contributed by atoms with E-state index in [1.807, 2.05) is 49.4 Å². The highest BCUT2D eigenvalue weighted by atomic mass is 16.5. The van der Waals surface area contributed by atoms with Crippen LogP contribution < -0.4 is 10.1 Å². The molecule has 0 saturated carbocycles. The maximum absolute atomic E-state index is 5.09. The molecule has 0 aliphatic carbocycles. The first-order valence-corrected chi connectivity index (χ1v) is 5.60. The predicted molar refractivity (Wildman–Crippen MR) is 74.6 cm³/mol. The molecule has 0 heterocycles. The van der Waals surface area contributed by atoms with Crippen LogP contribution in [0.1, 0.15) is 6.92 Å². The van der Waals surface area contributed by atoms with Crippen LogP contribution in [0.3, 0.4) is 0 Å². The molecule has 0 spiro atoms. The molecule has 0 atom stereocenters. The number of allylic oxidation sites excluding steroid dienone is 4. The van der Waals surface area contributed by atoms with Gasteiger partial charge in [0.15, 0.2) is 0 Å². The Morgan fingerprint density at radius 2 is 2.06 bits per heavy atom. The third kappa shape index (κ3) is 5.07. The van der Waals surface area contributed by atoms with Crippen LogP contribution in [-0.4, -0.2) is 13.7 Å². The smallest absolute Gasteiger partial charge is 0.119 e. The number of ether oxygens (including phenoxy) is 1. The van der Waals surface area contributed by atoms with E-state index in [2.05, 4.69) is 18.0 Å². The van der Waals surface area contributed by atoms with Crippen molar-refractivity contribution in [2.24, 2.45) is 0 Å². The van der Waals surface area contributed by atoms with Crippen LogP contribution >= 0.6 is 0 Å². The molecule has 0 unspecified atom stereocenters. The average molecular weight is 229 g/mol. The minimum Gasteiger partial charge on any atom is -0.497 e. The number of benzene rings is 1. The average Bonchev–Trinajstić information content (AvgIpc) is 2.38. The Morgan fingerprint density at radius 3 is 2.65 bits per heavy atom. The van der Waals surface area contributed by atoms with E-state index >= 15 is 0 Å². The normalized spacial score (nSPS) is 11.5. The molecule has 0 amide bonds. The Kier molecular flexibility index (Phi) is 5.66. The third-order valence-electron chi connectivity index (χ3n) is 2.33. The van der Waals surface area contributed by atoms with Crippen LogP contribution in [0.15, 0.2) is 60.7 Å². The second kappa shape index (κ2) is 7.34. The number of rotatable bonds is 6. The Morgan fingerprint density at radius 1 is 1.35 bits per heavy atom. The molecular formula is C15H19NO. The zero-order valence-electron chi connectivity index (χ0n) is 10.4. The molecule has 1 aromatic carbocycles. The fourth-order valence-electron chi connectivity index (χ4n) is 1.24. The van der Waals surface area contributed by atoms with Crippen LogP contribution in [0.5, 0.6) is 5.75 Å². The van der Waals surface area contributed by atoms with Crippen LogP contribution in [0.4, 0.5) is 5.69 Å². The molecule has 0 fully saturated rings. The molecule has 0 aliphatic rings. The molecule has 0 radical (unpaired) electrons. The fraction of sp³-hybridized carbons (Fsp3) is 0.200. The van der Waals surface area contributed by atoms with Crippen molar-refractivity contribution in [3.8, 4) is 5.75 Å².